The first-order chi connectivity index (χ1) is 7.25. The lowest BCUT2D eigenvalue weighted by molar-refractivity contribution is 0.478. The van der Waals surface area contributed by atoms with Gasteiger partial charge in [0.15, 0.2) is 5.82 Å². The third kappa shape index (κ3) is 2.56. The highest BCUT2D eigenvalue weighted by Crippen LogP contribution is 2.07. The first kappa shape index (κ1) is 10.2. The predicted octanol–water partition coefficient (Wildman–Crippen LogP) is 0.242. The summed E-state index contributed by atoms with van der Waals surface area (Å²) in [7, 11) is 0. The Morgan fingerprint density at radius 1 is 1.47 bits per heavy atom. The minimum absolute atomic E-state index is 0.131. The van der Waals surface area contributed by atoms with E-state index in [-0.39, 0.29) is 5.56 Å². The number of rotatable bonds is 2. The Balaban J connectivity index is 2.06. The van der Waals surface area contributed by atoms with E-state index in [0.29, 0.717) is 11.9 Å². The zero-order chi connectivity index (χ0) is 10.7. The fourth-order valence-electron chi connectivity index (χ4n) is 1.75. The van der Waals surface area contributed by atoms with Crippen molar-refractivity contribution in [2.45, 2.75) is 25.8 Å². The number of nitrogens with one attached hydrogen (secondary N) is 3. The smallest absolute Gasteiger partial charge is 0.290 e. The number of hydrogen-bond donors (Lipinski definition) is 3. The topological polar surface area (TPSA) is 69.8 Å². The van der Waals surface area contributed by atoms with Crippen LogP contribution in [-0.4, -0.2) is 29.1 Å². The summed E-state index contributed by atoms with van der Waals surface area (Å²) in [6.45, 7) is 3.82. The van der Waals surface area contributed by atoms with Crippen LogP contribution in [0.1, 0.15) is 18.5 Å². The van der Waals surface area contributed by atoms with Gasteiger partial charge in [0.2, 0.25) is 0 Å². The highest BCUT2D eigenvalue weighted by atomic mass is 16.1. The molecule has 0 radical (unpaired) electrons. The lowest BCUT2D eigenvalue weighted by Crippen LogP contribution is -2.37. The van der Waals surface area contributed by atoms with E-state index in [4.69, 9.17) is 0 Å². The van der Waals surface area contributed by atoms with Gasteiger partial charge in [-0.3, -0.25) is 4.79 Å². The van der Waals surface area contributed by atoms with Gasteiger partial charge in [0.1, 0.15) is 0 Å². The molecule has 0 bridgehead atoms. The van der Waals surface area contributed by atoms with Crippen LogP contribution in [0.5, 0.6) is 0 Å². The van der Waals surface area contributed by atoms with Gasteiger partial charge < -0.3 is 15.6 Å². The van der Waals surface area contributed by atoms with Gasteiger partial charge in [0.25, 0.3) is 5.56 Å². The van der Waals surface area contributed by atoms with Crippen LogP contribution in [0.2, 0.25) is 0 Å². The van der Waals surface area contributed by atoms with Gasteiger partial charge in [0, 0.05) is 17.9 Å². The van der Waals surface area contributed by atoms with Crippen molar-refractivity contribution in [1.82, 2.24) is 15.3 Å². The van der Waals surface area contributed by atoms with Gasteiger partial charge in [-0.2, -0.15) is 0 Å². The molecule has 5 nitrogen and oxygen atoms in total. The number of aryl methyl sites for hydroxylation is 1. The Morgan fingerprint density at radius 2 is 2.20 bits per heavy atom. The maximum Gasteiger partial charge on any atom is 0.290 e. The SMILES string of the molecule is Cc1cnc(NC2CCNCC2)c(=O)[nH]1. The fourth-order valence-corrected chi connectivity index (χ4v) is 1.75. The maximum absolute atomic E-state index is 11.5. The van der Waals surface area contributed by atoms with Crippen LogP contribution in [0.4, 0.5) is 5.82 Å². The molecule has 2 rings (SSSR count). The second-order valence-electron chi connectivity index (χ2n) is 3.91. The van der Waals surface area contributed by atoms with Crippen LogP contribution in [-0.2, 0) is 0 Å². The highest BCUT2D eigenvalue weighted by molar-refractivity contribution is 5.32. The van der Waals surface area contributed by atoms with Crippen molar-refractivity contribution < 1.29 is 0 Å². The first-order valence-corrected chi connectivity index (χ1v) is 5.29. The minimum atomic E-state index is -0.131. The van der Waals surface area contributed by atoms with Crippen molar-refractivity contribution in [2.75, 3.05) is 18.4 Å². The van der Waals surface area contributed by atoms with Gasteiger partial charge in [-0.05, 0) is 32.9 Å². The summed E-state index contributed by atoms with van der Waals surface area (Å²) in [5.41, 5.74) is 0.657. The van der Waals surface area contributed by atoms with Crippen molar-refractivity contribution in [2.24, 2.45) is 0 Å². The molecule has 1 aliphatic heterocycles. The normalized spacial score (nSPS) is 17.7. The van der Waals surface area contributed by atoms with Crippen LogP contribution < -0.4 is 16.2 Å². The molecule has 1 aromatic rings. The number of nitrogens with zero attached hydrogens (tertiary/aromatic N) is 1. The number of anilines is 1. The highest BCUT2D eigenvalue weighted by Gasteiger charge is 2.14. The van der Waals surface area contributed by atoms with Gasteiger partial charge in [-0.1, -0.05) is 0 Å². The second kappa shape index (κ2) is 4.44. The molecular weight excluding hydrogens is 192 g/mol. The number of aromatic amines is 1. The number of hydrogen-bond acceptors (Lipinski definition) is 4. The summed E-state index contributed by atoms with van der Waals surface area (Å²) < 4.78 is 0. The van der Waals surface area contributed by atoms with Crippen LogP contribution in [0, 0.1) is 6.92 Å². The monoisotopic (exact) mass is 208 g/mol. The van der Waals surface area contributed by atoms with Gasteiger partial charge >= 0.3 is 0 Å². The molecule has 0 aliphatic carbocycles. The van der Waals surface area contributed by atoms with E-state index in [0.717, 1.165) is 31.6 Å². The van der Waals surface area contributed by atoms with E-state index in [2.05, 4.69) is 20.6 Å². The standard InChI is InChI=1S/C10H16N4O/c1-7-6-12-9(10(15)13-7)14-8-2-4-11-5-3-8/h6,8,11H,2-5H2,1H3,(H,12,14)(H,13,15). The van der Waals surface area contributed by atoms with Crippen LogP contribution in [0.15, 0.2) is 11.0 Å². The van der Waals surface area contributed by atoms with E-state index >= 15 is 0 Å². The van der Waals surface area contributed by atoms with Gasteiger partial charge in [0.05, 0.1) is 0 Å². The van der Waals surface area contributed by atoms with Gasteiger partial charge in [-0.15, -0.1) is 0 Å². The average Bonchev–Trinajstić information content (AvgIpc) is 2.24. The van der Waals surface area contributed by atoms with Gasteiger partial charge in [-0.25, -0.2) is 4.98 Å². The average molecular weight is 208 g/mol. The van der Waals surface area contributed by atoms with E-state index in [1.807, 2.05) is 6.92 Å². The summed E-state index contributed by atoms with van der Waals surface area (Å²) in [4.78, 5) is 18.3. The zero-order valence-corrected chi connectivity index (χ0v) is 8.84. The quantitative estimate of drug-likeness (QED) is 0.651. The number of aromatic nitrogens is 2. The Morgan fingerprint density at radius 3 is 2.87 bits per heavy atom. The Bertz CT molecular complexity index is 381. The molecule has 0 aromatic carbocycles. The van der Waals surface area contributed by atoms with Crippen LogP contribution in [0.25, 0.3) is 0 Å². The Kier molecular flexibility index (Phi) is 3.01. The summed E-state index contributed by atoms with van der Waals surface area (Å²) in [5.74, 6) is 0.438. The second-order valence-corrected chi connectivity index (χ2v) is 3.91. The molecule has 0 atom stereocenters. The predicted molar refractivity (Wildman–Crippen MR) is 59.1 cm³/mol. The third-order valence-electron chi connectivity index (χ3n) is 2.59. The first-order valence-electron chi connectivity index (χ1n) is 5.29. The molecule has 82 valence electrons. The van der Waals surface area contributed by atoms with Crippen molar-refractivity contribution in [3.63, 3.8) is 0 Å². The summed E-state index contributed by atoms with van der Waals surface area (Å²) in [5, 5.41) is 6.46. The molecular formula is C10H16N4O. The van der Waals surface area contributed by atoms with Crippen molar-refractivity contribution in [3.8, 4) is 0 Å². The largest absolute Gasteiger partial charge is 0.363 e. The Labute approximate surface area is 88.3 Å². The maximum atomic E-state index is 11.5. The molecule has 1 saturated heterocycles. The molecule has 1 fully saturated rings. The Hall–Kier alpha value is -1.36. The van der Waals surface area contributed by atoms with Crippen LogP contribution in [0.3, 0.4) is 0 Å². The molecule has 0 unspecified atom stereocenters. The summed E-state index contributed by atoms with van der Waals surface area (Å²) in [6, 6.07) is 0.363. The zero-order valence-electron chi connectivity index (χ0n) is 8.84. The molecule has 2 heterocycles. The summed E-state index contributed by atoms with van der Waals surface area (Å²) in [6.07, 6.45) is 3.74. The molecule has 0 amide bonds. The minimum Gasteiger partial charge on any atom is -0.363 e. The van der Waals surface area contributed by atoms with Crippen molar-refractivity contribution >= 4 is 5.82 Å². The van der Waals surface area contributed by atoms with E-state index in [1.54, 1.807) is 6.20 Å². The number of H-pyrrole nitrogens is 1. The third-order valence-corrected chi connectivity index (χ3v) is 2.59. The van der Waals surface area contributed by atoms with Crippen LogP contribution >= 0.6 is 0 Å². The molecule has 1 aromatic heterocycles. The number of piperidine rings is 1. The van der Waals surface area contributed by atoms with Crippen molar-refractivity contribution in [1.29, 1.82) is 0 Å². The fraction of sp³-hybridized carbons (Fsp3) is 0.600. The van der Waals surface area contributed by atoms with E-state index in [1.165, 1.54) is 0 Å². The van der Waals surface area contributed by atoms with E-state index < -0.39 is 0 Å². The molecule has 0 saturated carbocycles. The lowest BCUT2D eigenvalue weighted by Gasteiger charge is -2.23. The lowest BCUT2D eigenvalue weighted by atomic mass is 10.1. The summed E-state index contributed by atoms with van der Waals surface area (Å²) >= 11 is 0. The molecule has 5 heteroatoms. The van der Waals surface area contributed by atoms with E-state index in [9.17, 15) is 4.79 Å². The molecule has 15 heavy (non-hydrogen) atoms. The van der Waals surface area contributed by atoms with Crippen molar-refractivity contribution in [3.05, 3.63) is 22.2 Å². The molecule has 3 N–H and O–H groups in total. The molecule has 0 spiro atoms. The molecule has 1 aliphatic rings.